The van der Waals surface area contributed by atoms with Gasteiger partial charge in [0.15, 0.2) is 0 Å². The molecule has 0 aliphatic rings. The van der Waals surface area contributed by atoms with E-state index in [2.05, 4.69) is 5.32 Å². The molecule has 4 nitrogen and oxygen atoms in total. The minimum absolute atomic E-state index is 0.0839. The fourth-order valence-corrected chi connectivity index (χ4v) is 0.811. The second-order valence-electron chi connectivity index (χ2n) is 3.86. The third-order valence-corrected chi connectivity index (χ3v) is 2.19. The van der Waals surface area contributed by atoms with Crippen LogP contribution in [0.1, 0.15) is 34.1 Å². The molecule has 0 aromatic carbocycles. The van der Waals surface area contributed by atoms with Crippen LogP contribution in [0.5, 0.6) is 0 Å². The van der Waals surface area contributed by atoms with Crippen LogP contribution in [0.3, 0.4) is 0 Å². The zero-order valence-electron chi connectivity index (χ0n) is 9.59. The highest BCUT2D eigenvalue weighted by Crippen LogP contribution is 2.06. The molecule has 3 N–H and O–H groups in total. The monoisotopic (exact) mass is 202 g/mol. The number of hydrogen-bond acceptors (Lipinski definition) is 3. The van der Waals surface area contributed by atoms with E-state index in [1.165, 1.54) is 0 Å². The molecule has 2 atom stereocenters. The van der Waals surface area contributed by atoms with Gasteiger partial charge >= 0.3 is 0 Å². The summed E-state index contributed by atoms with van der Waals surface area (Å²) in [5.74, 6) is -0.0839. The number of nitrogens with two attached hydrogens (primary N) is 1. The Labute approximate surface area is 86.2 Å². The van der Waals surface area contributed by atoms with Gasteiger partial charge in [0.25, 0.3) is 0 Å². The molecular formula is C10H22N2O2. The Hall–Kier alpha value is -0.610. The van der Waals surface area contributed by atoms with Crippen molar-refractivity contribution in [3.05, 3.63) is 0 Å². The number of carbonyl (C=O) groups is 1. The summed E-state index contributed by atoms with van der Waals surface area (Å²) < 4.78 is 5.37. The number of likely N-dealkylation sites (N-methyl/N-ethyl adjacent to an activating group) is 1. The van der Waals surface area contributed by atoms with Crippen LogP contribution >= 0.6 is 0 Å². The number of rotatable bonds is 6. The molecule has 0 aliphatic heterocycles. The minimum Gasteiger partial charge on any atom is -0.367 e. The Balaban J connectivity index is 3.84. The summed E-state index contributed by atoms with van der Waals surface area (Å²) in [5, 5.41) is 2.69. The van der Waals surface area contributed by atoms with Crippen LogP contribution in [-0.2, 0) is 9.53 Å². The number of hydrogen-bond donors (Lipinski definition) is 2. The first-order chi connectivity index (χ1) is 6.43. The Morgan fingerprint density at radius 3 is 2.57 bits per heavy atom. The molecule has 0 saturated heterocycles. The van der Waals surface area contributed by atoms with Crippen molar-refractivity contribution in [2.45, 2.75) is 45.8 Å². The van der Waals surface area contributed by atoms with E-state index in [4.69, 9.17) is 10.5 Å². The molecule has 0 spiro atoms. The molecule has 0 saturated carbocycles. The maximum absolute atomic E-state index is 11.3. The van der Waals surface area contributed by atoms with Gasteiger partial charge in [0.1, 0.15) is 6.10 Å². The average Bonchev–Trinajstić information content (AvgIpc) is 2.15. The molecule has 4 heteroatoms. The van der Waals surface area contributed by atoms with Gasteiger partial charge in [-0.05, 0) is 27.2 Å². The van der Waals surface area contributed by atoms with Gasteiger partial charge in [-0.1, -0.05) is 6.92 Å². The Bertz CT molecular complexity index is 181. The zero-order valence-corrected chi connectivity index (χ0v) is 9.59. The highest BCUT2D eigenvalue weighted by atomic mass is 16.5. The molecule has 0 aromatic rings. The predicted molar refractivity (Wildman–Crippen MR) is 57.0 cm³/mol. The average molecular weight is 202 g/mol. The summed E-state index contributed by atoms with van der Waals surface area (Å²) in [4.78, 5) is 11.3. The third-order valence-electron chi connectivity index (χ3n) is 2.19. The van der Waals surface area contributed by atoms with Gasteiger partial charge in [-0.15, -0.1) is 0 Å². The van der Waals surface area contributed by atoms with Gasteiger partial charge in [0.2, 0.25) is 5.91 Å². The van der Waals surface area contributed by atoms with Crippen molar-refractivity contribution in [1.82, 2.24) is 5.32 Å². The second kappa shape index (κ2) is 5.98. The quantitative estimate of drug-likeness (QED) is 0.665. The number of carbonyl (C=O) groups excluding carboxylic acids is 1. The van der Waals surface area contributed by atoms with E-state index < -0.39 is 6.10 Å². The first-order valence-electron chi connectivity index (χ1n) is 5.11. The summed E-state index contributed by atoms with van der Waals surface area (Å²) >= 11 is 0. The van der Waals surface area contributed by atoms with Crippen LogP contribution in [0.2, 0.25) is 0 Å². The molecule has 0 aliphatic carbocycles. The fraction of sp³-hybridized carbons (Fsp3) is 0.900. The van der Waals surface area contributed by atoms with Gasteiger partial charge in [0, 0.05) is 12.1 Å². The van der Waals surface area contributed by atoms with Crippen LogP contribution in [-0.4, -0.2) is 30.7 Å². The van der Waals surface area contributed by atoms with Crippen LogP contribution in [0.25, 0.3) is 0 Å². The summed E-state index contributed by atoms with van der Waals surface area (Å²) in [5.41, 5.74) is 5.54. The van der Waals surface area contributed by atoms with E-state index in [1.807, 2.05) is 20.8 Å². The molecule has 84 valence electrons. The summed E-state index contributed by atoms with van der Waals surface area (Å²) in [7, 11) is 0. The highest BCUT2D eigenvalue weighted by Gasteiger charge is 2.20. The van der Waals surface area contributed by atoms with Crippen LogP contribution in [0.4, 0.5) is 0 Å². The third kappa shape index (κ3) is 5.19. The van der Waals surface area contributed by atoms with E-state index in [0.29, 0.717) is 13.2 Å². The maximum Gasteiger partial charge on any atom is 0.248 e. The second-order valence-corrected chi connectivity index (χ2v) is 3.86. The SMILES string of the molecule is CCNC(=O)C(C)OCC(C)(N)CC. The lowest BCUT2D eigenvalue weighted by Crippen LogP contribution is -2.44. The topological polar surface area (TPSA) is 64.3 Å². The Morgan fingerprint density at radius 1 is 1.57 bits per heavy atom. The summed E-state index contributed by atoms with van der Waals surface area (Å²) in [6.07, 6.45) is 0.402. The predicted octanol–water partition coefficient (Wildman–Crippen LogP) is 0.655. The van der Waals surface area contributed by atoms with Crippen molar-refractivity contribution in [2.75, 3.05) is 13.2 Å². The molecule has 0 fully saturated rings. The van der Waals surface area contributed by atoms with Crippen LogP contribution in [0, 0.1) is 0 Å². The number of nitrogens with one attached hydrogen (secondary N) is 1. The van der Waals surface area contributed by atoms with E-state index in [1.54, 1.807) is 6.92 Å². The van der Waals surface area contributed by atoms with Gasteiger partial charge in [-0.2, -0.15) is 0 Å². The molecule has 14 heavy (non-hydrogen) atoms. The van der Waals surface area contributed by atoms with Crippen LogP contribution < -0.4 is 11.1 Å². The molecule has 0 radical (unpaired) electrons. The summed E-state index contributed by atoms with van der Waals surface area (Å²) in [6, 6.07) is 0. The van der Waals surface area contributed by atoms with Crippen LogP contribution in [0.15, 0.2) is 0 Å². The lowest BCUT2D eigenvalue weighted by molar-refractivity contribution is -0.132. The maximum atomic E-state index is 11.3. The van der Waals surface area contributed by atoms with E-state index in [9.17, 15) is 4.79 Å². The lowest BCUT2D eigenvalue weighted by atomic mass is 10.0. The fourth-order valence-electron chi connectivity index (χ4n) is 0.811. The van der Waals surface area contributed by atoms with Gasteiger partial charge in [-0.3, -0.25) is 4.79 Å². The molecule has 0 heterocycles. The minimum atomic E-state index is -0.427. The molecular weight excluding hydrogens is 180 g/mol. The van der Waals surface area contributed by atoms with Crippen molar-refractivity contribution >= 4 is 5.91 Å². The zero-order chi connectivity index (χ0) is 11.2. The normalized spacial score (nSPS) is 17.2. The van der Waals surface area contributed by atoms with Gasteiger partial charge in [-0.25, -0.2) is 0 Å². The lowest BCUT2D eigenvalue weighted by Gasteiger charge is -2.24. The first kappa shape index (κ1) is 13.4. The first-order valence-corrected chi connectivity index (χ1v) is 5.11. The van der Waals surface area contributed by atoms with E-state index >= 15 is 0 Å². The molecule has 0 bridgehead atoms. The van der Waals surface area contributed by atoms with E-state index in [0.717, 1.165) is 6.42 Å². The Kier molecular flexibility index (Phi) is 5.72. The van der Waals surface area contributed by atoms with E-state index in [-0.39, 0.29) is 11.4 Å². The number of amides is 1. The van der Waals surface area contributed by atoms with Gasteiger partial charge < -0.3 is 15.8 Å². The molecule has 2 unspecified atom stereocenters. The molecule has 1 amide bonds. The molecule has 0 rings (SSSR count). The standard InChI is InChI=1S/C10H22N2O2/c1-5-10(4,11)7-14-8(3)9(13)12-6-2/h8H,5-7,11H2,1-4H3,(H,12,13). The summed E-state index contributed by atoms with van der Waals surface area (Å²) in [6.45, 7) is 8.56. The van der Waals surface area contributed by atoms with Crippen molar-refractivity contribution < 1.29 is 9.53 Å². The van der Waals surface area contributed by atoms with Crippen molar-refractivity contribution in [2.24, 2.45) is 5.73 Å². The van der Waals surface area contributed by atoms with Gasteiger partial charge in [0.05, 0.1) is 6.61 Å². The van der Waals surface area contributed by atoms with Crippen molar-refractivity contribution in [1.29, 1.82) is 0 Å². The van der Waals surface area contributed by atoms with Crippen molar-refractivity contribution in [3.63, 3.8) is 0 Å². The largest absolute Gasteiger partial charge is 0.367 e. The van der Waals surface area contributed by atoms with Crippen molar-refractivity contribution in [3.8, 4) is 0 Å². The smallest absolute Gasteiger partial charge is 0.248 e. The Morgan fingerprint density at radius 2 is 2.14 bits per heavy atom. The molecule has 0 aromatic heterocycles. The highest BCUT2D eigenvalue weighted by molar-refractivity contribution is 5.80. The number of ether oxygens (including phenoxy) is 1.